The average molecular weight is 296 g/mol. The van der Waals surface area contributed by atoms with Crippen molar-refractivity contribution >= 4 is 11.6 Å². The molecule has 1 nitrogen and oxygen atoms in total. The highest BCUT2D eigenvalue weighted by atomic mass is 35.5. The Kier molecular flexibility index (Phi) is 3.83. The summed E-state index contributed by atoms with van der Waals surface area (Å²) >= 11 is 5.12. The fourth-order valence-electron chi connectivity index (χ4n) is 1.18. The van der Waals surface area contributed by atoms with Crippen LogP contribution in [0.5, 0.6) is 0 Å². The lowest BCUT2D eigenvalue weighted by Crippen LogP contribution is -2.29. The molecule has 0 fully saturated rings. The third-order valence-corrected chi connectivity index (χ3v) is 2.35. The second-order valence-corrected chi connectivity index (χ2v) is 3.79. The molecule has 0 aliphatic heterocycles. The van der Waals surface area contributed by atoms with Gasteiger partial charge in [-0.25, -0.2) is 4.39 Å². The number of halogens is 8. The molecule has 0 saturated carbocycles. The Morgan fingerprint density at radius 3 is 1.94 bits per heavy atom. The number of rotatable bonds is 1. The highest BCUT2D eigenvalue weighted by Crippen LogP contribution is 2.38. The van der Waals surface area contributed by atoms with E-state index in [-0.39, 0.29) is 12.1 Å². The van der Waals surface area contributed by atoms with Gasteiger partial charge in [0.15, 0.2) is 0 Å². The monoisotopic (exact) mass is 295 g/mol. The molecule has 0 saturated heterocycles. The van der Waals surface area contributed by atoms with Crippen LogP contribution in [-0.4, -0.2) is 6.18 Å². The van der Waals surface area contributed by atoms with Gasteiger partial charge < -0.3 is 5.73 Å². The van der Waals surface area contributed by atoms with E-state index in [1.54, 1.807) is 0 Å². The van der Waals surface area contributed by atoms with Crippen LogP contribution in [0.1, 0.15) is 17.2 Å². The molecule has 9 heteroatoms. The van der Waals surface area contributed by atoms with Gasteiger partial charge in [-0.2, -0.15) is 26.3 Å². The fraction of sp³-hybridized carbons (Fsp3) is 0.333. The summed E-state index contributed by atoms with van der Waals surface area (Å²) in [5.41, 5.74) is 1.82. The van der Waals surface area contributed by atoms with E-state index in [1.165, 1.54) is 0 Å². The zero-order valence-corrected chi connectivity index (χ0v) is 9.09. The summed E-state index contributed by atoms with van der Waals surface area (Å²) in [6.07, 6.45) is -10.0. The molecule has 0 bridgehead atoms. The van der Waals surface area contributed by atoms with Gasteiger partial charge in [-0.1, -0.05) is 11.6 Å². The fourth-order valence-corrected chi connectivity index (χ4v) is 1.40. The van der Waals surface area contributed by atoms with Crippen LogP contribution in [0.2, 0.25) is 5.02 Å². The molecule has 0 amide bonds. The van der Waals surface area contributed by atoms with E-state index < -0.39 is 40.4 Å². The molecule has 2 N–H and O–H groups in total. The summed E-state index contributed by atoms with van der Waals surface area (Å²) in [6.45, 7) is 0. The van der Waals surface area contributed by atoms with Gasteiger partial charge in [0.1, 0.15) is 11.9 Å². The van der Waals surface area contributed by atoms with Gasteiger partial charge in [-0.3, -0.25) is 0 Å². The van der Waals surface area contributed by atoms with E-state index in [2.05, 4.69) is 5.73 Å². The number of benzene rings is 1. The summed E-state index contributed by atoms with van der Waals surface area (Å²) in [4.78, 5) is 0. The van der Waals surface area contributed by atoms with Crippen LogP contribution in [-0.2, 0) is 6.18 Å². The Morgan fingerprint density at radius 1 is 1.06 bits per heavy atom. The molecular formula is C9H5ClF7N. The molecular weight excluding hydrogens is 291 g/mol. The maximum absolute atomic E-state index is 13.3. The van der Waals surface area contributed by atoms with Gasteiger partial charge in [0, 0.05) is 5.56 Å². The lowest BCUT2D eigenvalue weighted by molar-refractivity contribution is -0.150. The van der Waals surface area contributed by atoms with Crippen molar-refractivity contribution in [3.05, 3.63) is 34.1 Å². The van der Waals surface area contributed by atoms with Crippen LogP contribution in [0, 0.1) is 5.82 Å². The summed E-state index contributed by atoms with van der Waals surface area (Å²) in [6, 6.07) is -2.68. The first kappa shape index (κ1) is 15.0. The number of alkyl halides is 6. The maximum Gasteiger partial charge on any atom is 0.416 e. The molecule has 1 aromatic rings. The molecule has 18 heavy (non-hydrogen) atoms. The highest BCUT2D eigenvalue weighted by molar-refractivity contribution is 6.30. The highest BCUT2D eigenvalue weighted by Gasteiger charge is 2.41. The van der Waals surface area contributed by atoms with Crippen LogP contribution in [0.4, 0.5) is 30.7 Å². The first-order valence-corrected chi connectivity index (χ1v) is 4.71. The minimum atomic E-state index is -5.08. The lowest BCUT2D eigenvalue weighted by atomic mass is 10.0. The first-order valence-electron chi connectivity index (χ1n) is 4.33. The molecule has 0 aliphatic rings. The molecule has 0 unspecified atom stereocenters. The Hall–Kier alpha value is -1.02. The quantitative estimate of drug-likeness (QED) is 0.777. The summed E-state index contributed by atoms with van der Waals surface area (Å²) in [5.74, 6) is -1.62. The van der Waals surface area contributed by atoms with Crippen molar-refractivity contribution < 1.29 is 30.7 Å². The average Bonchev–Trinajstić information content (AvgIpc) is 2.17. The second kappa shape index (κ2) is 4.58. The van der Waals surface area contributed by atoms with Crippen LogP contribution >= 0.6 is 11.6 Å². The minimum Gasteiger partial charge on any atom is -0.316 e. The van der Waals surface area contributed by atoms with E-state index in [0.29, 0.717) is 0 Å². The van der Waals surface area contributed by atoms with Gasteiger partial charge in [0.2, 0.25) is 0 Å². The molecule has 0 radical (unpaired) electrons. The van der Waals surface area contributed by atoms with Gasteiger partial charge in [-0.05, 0) is 12.1 Å². The van der Waals surface area contributed by atoms with Crippen LogP contribution < -0.4 is 5.73 Å². The third-order valence-electron chi connectivity index (χ3n) is 2.07. The minimum absolute atomic E-state index is 0.000625. The number of hydrogen-bond acceptors (Lipinski definition) is 1. The molecule has 0 aliphatic carbocycles. The molecule has 1 rings (SSSR count). The maximum atomic E-state index is 13.3. The van der Waals surface area contributed by atoms with E-state index >= 15 is 0 Å². The van der Waals surface area contributed by atoms with Gasteiger partial charge in [0.25, 0.3) is 0 Å². The Labute approximate surface area is 101 Å². The topological polar surface area (TPSA) is 26.0 Å². The van der Waals surface area contributed by atoms with E-state index in [1.807, 2.05) is 0 Å². The van der Waals surface area contributed by atoms with Crippen molar-refractivity contribution in [2.24, 2.45) is 5.73 Å². The first-order chi connectivity index (χ1) is 7.94. The van der Waals surface area contributed by atoms with Crippen LogP contribution in [0.3, 0.4) is 0 Å². The van der Waals surface area contributed by atoms with Gasteiger partial charge >= 0.3 is 12.4 Å². The Bertz CT molecular complexity index is 451. The smallest absolute Gasteiger partial charge is 0.316 e. The Morgan fingerprint density at radius 2 is 1.56 bits per heavy atom. The normalized spacial score (nSPS) is 14.7. The van der Waals surface area contributed by atoms with Crippen molar-refractivity contribution in [3.63, 3.8) is 0 Å². The van der Waals surface area contributed by atoms with Crippen molar-refractivity contribution in [1.29, 1.82) is 0 Å². The van der Waals surface area contributed by atoms with Crippen molar-refractivity contribution in [2.45, 2.75) is 18.4 Å². The Balaban J connectivity index is 3.41. The molecule has 1 atom stereocenters. The SMILES string of the molecule is N[C@@H](c1cc(C(F)(F)F)cc(Cl)c1F)C(F)(F)F. The van der Waals surface area contributed by atoms with Crippen molar-refractivity contribution in [1.82, 2.24) is 0 Å². The van der Waals surface area contributed by atoms with Crippen LogP contribution in [0.15, 0.2) is 12.1 Å². The third kappa shape index (κ3) is 3.05. The van der Waals surface area contributed by atoms with E-state index in [4.69, 9.17) is 11.6 Å². The zero-order chi connectivity index (χ0) is 14.3. The summed E-state index contributed by atoms with van der Waals surface area (Å²) in [5, 5.41) is -1.07. The summed E-state index contributed by atoms with van der Waals surface area (Å²) < 4.78 is 87.1. The van der Waals surface area contributed by atoms with Gasteiger partial charge in [-0.15, -0.1) is 0 Å². The molecule has 0 aromatic heterocycles. The van der Waals surface area contributed by atoms with Gasteiger partial charge in [0.05, 0.1) is 10.6 Å². The molecule has 1 aromatic carbocycles. The van der Waals surface area contributed by atoms with E-state index in [9.17, 15) is 30.7 Å². The second-order valence-electron chi connectivity index (χ2n) is 3.38. The molecule has 0 spiro atoms. The molecule has 0 heterocycles. The summed E-state index contributed by atoms with van der Waals surface area (Å²) in [7, 11) is 0. The number of hydrogen-bond donors (Lipinski definition) is 1. The predicted molar refractivity (Wildman–Crippen MR) is 49.4 cm³/mol. The zero-order valence-electron chi connectivity index (χ0n) is 8.33. The lowest BCUT2D eigenvalue weighted by Gasteiger charge is -2.18. The molecule has 102 valence electrons. The van der Waals surface area contributed by atoms with E-state index in [0.717, 1.165) is 0 Å². The standard InChI is InChI=1S/C9H5ClF7N/c10-5-2-3(8(12,13)14)1-4(6(5)11)7(18)9(15,16)17/h1-2,7H,18H2/t7-/m0/s1. The van der Waals surface area contributed by atoms with Crippen molar-refractivity contribution in [3.8, 4) is 0 Å². The predicted octanol–water partition coefficient (Wildman–Crippen LogP) is 4.06. The largest absolute Gasteiger partial charge is 0.416 e. The van der Waals surface area contributed by atoms with Crippen molar-refractivity contribution in [2.75, 3.05) is 0 Å². The number of nitrogens with two attached hydrogens (primary N) is 1. The van der Waals surface area contributed by atoms with Crippen LogP contribution in [0.25, 0.3) is 0 Å².